The Balaban J connectivity index is 1.71. The number of anilines is 1. The highest BCUT2D eigenvalue weighted by molar-refractivity contribution is 8.27. The molecule has 0 spiro atoms. The Morgan fingerprint density at radius 2 is 1.93 bits per heavy atom. The molecule has 1 aliphatic rings. The summed E-state index contributed by atoms with van der Waals surface area (Å²) >= 11 is 6.78. The van der Waals surface area contributed by atoms with Gasteiger partial charge in [0.1, 0.15) is 0 Å². The number of fused-ring (bicyclic) bond motifs is 1. The van der Waals surface area contributed by atoms with E-state index in [1.807, 2.05) is 49.4 Å². The fourth-order valence-corrected chi connectivity index (χ4v) is 4.41. The largest absolute Gasteiger partial charge is 0.504 e. The van der Waals surface area contributed by atoms with Gasteiger partial charge in [0.2, 0.25) is 0 Å². The van der Waals surface area contributed by atoms with Gasteiger partial charge in [0.15, 0.2) is 15.8 Å². The van der Waals surface area contributed by atoms with Crippen LogP contribution in [0.5, 0.6) is 11.5 Å². The second-order valence-electron chi connectivity index (χ2n) is 6.18. The number of carbonyl (C=O) groups is 1. The molecule has 6 heteroatoms. The van der Waals surface area contributed by atoms with Gasteiger partial charge in [-0.25, -0.2) is 0 Å². The Kier molecular flexibility index (Phi) is 5.07. The smallest absolute Gasteiger partial charge is 0.270 e. The number of benzene rings is 3. The number of ether oxygens (including phenoxy) is 1. The van der Waals surface area contributed by atoms with Gasteiger partial charge >= 0.3 is 0 Å². The molecule has 0 saturated carbocycles. The van der Waals surface area contributed by atoms with Crippen LogP contribution in [0.25, 0.3) is 16.8 Å². The zero-order chi connectivity index (χ0) is 19.7. The molecular weight excluding hydrogens is 390 g/mol. The fourth-order valence-electron chi connectivity index (χ4n) is 3.12. The third-order valence-electron chi connectivity index (χ3n) is 4.38. The Labute approximate surface area is 172 Å². The summed E-state index contributed by atoms with van der Waals surface area (Å²) in [5.41, 5.74) is 1.55. The van der Waals surface area contributed by atoms with Crippen molar-refractivity contribution in [2.45, 2.75) is 6.92 Å². The van der Waals surface area contributed by atoms with Crippen molar-refractivity contribution in [3.05, 3.63) is 71.1 Å². The predicted molar refractivity (Wildman–Crippen MR) is 119 cm³/mol. The number of hydrogen-bond donors (Lipinski definition) is 1. The van der Waals surface area contributed by atoms with Crippen LogP contribution in [0.1, 0.15) is 12.5 Å². The van der Waals surface area contributed by atoms with Crippen LogP contribution >= 0.6 is 24.0 Å². The molecule has 4 nitrogen and oxygen atoms in total. The number of phenols is 1. The quantitative estimate of drug-likeness (QED) is 0.467. The second kappa shape index (κ2) is 7.66. The number of thioether (sulfide) groups is 1. The van der Waals surface area contributed by atoms with Crippen molar-refractivity contribution in [3.8, 4) is 11.5 Å². The molecule has 0 unspecified atom stereocenters. The Morgan fingerprint density at radius 3 is 2.75 bits per heavy atom. The lowest BCUT2D eigenvalue weighted by Gasteiger charge is -2.17. The minimum Gasteiger partial charge on any atom is -0.504 e. The van der Waals surface area contributed by atoms with E-state index in [9.17, 15) is 9.90 Å². The van der Waals surface area contributed by atoms with Gasteiger partial charge in [0, 0.05) is 5.39 Å². The van der Waals surface area contributed by atoms with Crippen LogP contribution in [0, 0.1) is 0 Å². The summed E-state index contributed by atoms with van der Waals surface area (Å²) in [5, 5.41) is 11.9. The average Bonchev–Trinajstić information content (AvgIpc) is 2.97. The number of rotatable bonds is 4. The lowest BCUT2D eigenvalue weighted by molar-refractivity contribution is -0.113. The van der Waals surface area contributed by atoms with Gasteiger partial charge in [0.05, 0.1) is 17.2 Å². The molecule has 0 atom stereocenters. The van der Waals surface area contributed by atoms with Gasteiger partial charge in [-0.15, -0.1) is 0 Å². The molecule has 1 heterocycles. The van der Waals surface area contributed by atoms with Gasteiger partial charge in [-0.1, -0.05) is 66.4 Å². The summed E-state index contributed by atoms with van der Waals surface area (Å²) in [6.07, 6.45) is 1.77. The zero-order valence-corrected chi connectivity index (χ0v) is 16.7. The van der Waals surface area contributed by atoms with Crippen LogP contribution in [0.3, 0.4) is 0 Å². The third-order valence-corrected chi connectivity index (χ3v) is 5.68. The molecule has 28 heavy (non-hydrogen) atoms. The van der Waals surface area contributed by atoms with E-state index in [0.717, 1.165) is 22.0 Å². The van der Waals surface area contributed by atoms with Crippen LogP contribution in [0.2, 0.25) is 0 Å². The summed E-state index contributed by atoms with van der Waals surface area (Å²) in [6.45, 7) is 2.29. The maximum Gasteiger partial charge on any atom is 0.270 e. The first-order chi connectivity index (χ1) is 13.6. The lowest BCUT2D eigenvalue weighted by Crippen LogP contribution is -2.27. The number of aromatic hydroxyl groups is 1. The first-order valence-electron chi connectivity index (χ1n) is 8.80. The minimum absolute atomic E-state index is 0.0716. The van der Waals surface area contributed by atoms with Crippen molar-refractivity contribution < 1.29 is 14.6 Å². The van der Waals surface area contributed by atoms with Crippen molar-refractivity contribution >= 4 is 56.7 Å². The highest BCUT2D eigenvalue weighted by atomic mass is 32.2. The average molecular weight is 408 g/mol. The molecule has 0 bridgehead atoms. The molecule has 0 aliphatic carbocycles. The predicted octanol–water partition coefficient (Wildman–Crippen LogP) is 5.35. The molecular formula is C22H17NO3S2. The zero-order valence-electron chi connectivity index (χ0n) is 15.1. The van der Waals surface area contributed by atoms with Crippen molar-refractivity contribution in [2.24, 2.45) is 0 Å². The summed E-state index contributed by atoms with van der Waals surface area (Å²) in [7, 11) is 0. The van der Waals surface area contributed by atoms with Gasteiger partial charge in [0.25, 0.3) is 5.91 Å². The van der Waals surface area contributed by atoms with E-state index in [2.05, 4.69) is 0 Å². The van der Waals surface area contributed by atoms with Crippen LogP contribution in [-0.2, 0) is 4.79 Å². The Hall–Kier alpha value is -2.83. The highest BCUT2D eigenvalue weighted by Gasteiger charge is 2.34. The summed E-state index contributed by atoms with van der Waals surface area (Å²) in [6, 6.07) is 18.8. The Morgan fingerprint density at radius 1 is 1.14 bits per heavy atom. The van der Waals surface area contributed by atoms with Crippen molar-refractivity contribution in [3.63, 3.8) is 0 Å². The topological polar surface area (TPSA) is 49.8 Å². The van der Waals surface area contributed by atoms with Crippen LogP contribution in [0.4, 0.5) is 5.69 Å². The van der Waals surface area contributed by atoms with Crippen molar-refractivity contribution in [1.82, 2.24) is 0 Å². The van der Waals surface area contributed by atoms with Crippen LogP contribution < -0.4 is 9.64 Å². The molecule has 1 amide bonds. The molecule has 1 N–H and O–H groups in total. The molecule has 1 saturated heterocycles. The maximum atomic E-state index is 13.1. The van der Waals surface area contributed by atoms with E-state index >= 15 is 0 Å². The number of thiocarbonyl (C=S) groups is 1. The molecule has 4 rings (SSSR count). The van der Waals surface area contributed by atoms with E-state index < -0.39 is 0 Å². The van der Waals surface area contributed by atoms with Crippen molar-refractivity contribution in [2.75, 3.05) is 11.5 Å². The number of hydrogen-bond acceptors (Lipinski definition) is 5. The number of phenolic OH excluding ortho intramolecular Hbond substituents is 1. The van der Waals surface area contributed by atoms with Gasteiger partial charge in [-0.2, -0.15) is 0 Å². The van der Waals surface area contributed by atoms with Gasteiger partial charge in [-0.05, 0) is 42.1 Å². The first-order valence-corrected chi connectivity index (χ1v) is 10.0. The standard InChI is InChI=1S/C22H17NO3S2/c1-2-26-19-12-14(10-11-18(19)24)13-20-21(25)23(22(27)28-20)17-9-5-7-15-6-3-4-8-16(15)17/h3-13,24H,2H2,1H3/b20-13-. The number of nitrogens with zero attached hydrogens (tertiary/aromatic N) is 1. The molecule has 0 aromatic heterocycles. The van der Waals surface area contributed by atoms with E-state index in [1.165, 1.54) is 11.8 Å². The molecule has 140 valence electrons. The van der Waals surface area contributed by atoms with E-state index in [0.29, 0.717) is 21.6 Å². The SMILES string of the molecule is CCOc1cc(/C=C2\SC(=S)N(c3cccc4ccccc34)C2=O)ccc1O. The van der Waals surface area contributed by atoms with E-state index in [-0.39, 0.29) is 11.7 Å². The molecule has 3 aromatic rings. The summed E-state index contributed by atoms with van der Waals surface area (Å²) in [5.74, 6) is 0.306. The number of amides is 1. The monoisotopic (exact) mass is 407 g/mol. The van der Waals surface area contributed by atoms with Gasteiger partial charge in [-0.3, -0.25) is 9.69 Å². The maximum absolute atomic E-state index is 13.1. The summed E-state index contributed by atoms with van der Waals surface area (Å²) in [4.78, 5) is 15.2. The summed E-state index contributed by atoms with van der Waals surface area (Å²) < 4.78 is 5.92. The van der Waals surface area contributed by atoms with E-state index in [4.69, 9.17) is 17.0 Å². The van der Waals surface area contributed by atoms with E-state index in [1.54, 1.807) is 29.2 Å². The minimum atomic E-state index is -0.155. The van der Waals surface area contributed by atoms with Crippen LogP contribution in [0.15, 0.2) is 65.6 Å². The van der Waals surface area contributed by atoms with Crippen LogP contribution in [-0.4, -0.2) is 21.9 Å². The van der Waals surface area contributed by atoms with Gasteiger partial charge < -0.3 is 9.84 Å². The molecule has 0 radical (unpaired) electrons. The second-order valence-corrected chi connectivity index (χ2v) is 7.85. The fraction of sp³-hybridized carbons (Fsp3) is 0.0909. The highest BCUT2D eigenvalue weighted by Crippen LogP contribution is 2.39. The molecule has 1 aliphatic heterocycles. The first kappa shape index (κ1) is 18.5. The molecule has 1 fully saturated rings. The lowest BCUT2D eigenvalue weighted by atomic mass is 10.1. The van der Waals surface area contributed by atoms with Crippen molar-refractivity contribution in [1.29, 1.82) is 0 Å². The number of carbonyl (C=O) groups excluding carboxylic acids is 1. The molecule has 3 aromatic carbocycles. The normalized spacial score (nSPS) is 15.6. The third kappa shape index (κ3) is 3.37. The Bertz CT molecular complexity index is 1120.